The number of benzene rings is 1. The maximum absolute atomic E-state index is 13.9. The van der Waals surface area contributed by atoms with Gasteiger partial charge in [-0.15, -0.1) is 37.2 Å². The van der Waals surface area contributed by atoms with E-state index >= 15 is 0 Å². The molecule has 28 heavy (non-hydrogen) atoms. The van der Waals surface area contributed by atoms with Gasteiger partial charge in [-0.25, -0.2) is 4.39 Å². The first kappa shape index (κ1) is 29.4. The molecule has 1 aromatic carbocycles. The summed E-state index contributed by atoms with van der Waals surface area (Å²) in [6.45, 7) is 11.5. The number of piperazine rings is 1. The second-order valence-corrected chi connectivity index (χ2v) is 6.81. The van der Waals surface area contributed by atoms with Crippen molar-refractivity contribution in [3.8, 4) is 0 Å². The van der Waals surface area contributed by atoms with Crippen LogP contribution in [0.25, 0.3) is 0 Å². The van der Waals surface area contributed by atoms with Crippen LogP contribution in [0.15, 0.2) is 18.2 Å². The van der Waals surface area contributed by atoms with Crippen molar-refractivity contribution in [2.24, 2.45) is 5.92 Å². The number of halogens is 4. The van der Waals surface area contributed by atoms with Crippen LogP contribution in [0.4, 0.5) is 10.1 Å². The van der Waals surface area contributed by atoms with Crippen LogP contribution in [0.1, 0.15) is 32.4 Å². The number of nitrogens with zero attached hydrogens (tertiary/aromatic N) is 2. The second-order valence-electron chi connectivity index (χ2n) is 6.81. The molecule has 1 fully saturated rings. The van der Waals surface area contributed by atoms with Gasteiger partial charge in [-0.1, -0.05) is 13.8 Å². The van der Waals surface area contributed by atoms with Crippen LogP contribution in [-0.2, 0) is 4.79 Å². The lowest BCUT2D eigenvalue weighted by atomic mass is 10.0. The monoisotopic (exact) mass is 458 g/mol. The number of anilines is 1. The number of carbonyl (C=O) groups is 1. The van der Waals surface area contributed by atoms with Crippen molar-refractivity contribution in [3.05, 3.63) is 29.6 Å². The minimum Gasteiger partial charge on any atom is -0.369 e. The Balaban J connectivity index is 0. The molecule has 0 bridgehead atoms. The van der Waals surface area contributed by atoms with Crippen molar-refractivity contribution >= 4 is 48.8 Å². The molecule has 1 aliphatic heterocycles. The quantitative estimate of drug-likeness (QED) is 0.657. The molecule has 2 N–H and O–H groups in total. The van der Waals surface area contributed by atoms with Crippen molar-refractivity contribution < 1.29 is 9.18 Å². The maximum atomic E-state index is 13.9. The third-order valence-electron chi connectivity index (χ3n) is 4.93. The van der Waals surface area contributed by atoms with Gasteiger partial charge < -0.3 is 20.4 Å². The predicted molar refractivity (Wildman–Crippen MR) is 122 cm³/mol. The number of carbonyl (C=O) groups excluding carboxylic acids is 1. The Hall–Kier alpha value is -0.790. The van der Waals surface area contributed by atoms with Gasteiger partial charge in [-0.3, -0.25) is 4.79 Å². The van der Waals surface area contributed by atoms with Gasteiger partial charge in [0.05, 0.1) is 6.04 Å². The molecule has 1 saturated heterocycles. The summed E-state index contributed by atoms with van der Waals surface area (Å²) in [5.74, 6) is -0.416. The van der Waals surface area contributed by atoms with Crippen molar-refractivity contribution in [1.29, 1.82) is 0 Å². The van der Waals surface area contributed by atoms with Crippen LogP contribution in [0.2, 0.25) is 0 Å². The first-order valence-corrected chi connectivity index (χ1v) is 9.18. The smallest absolute Gasteiger partial charge is 0.224 e. The number of hydrogen-bond donors (Lipinski definition) is 2. The highest BCUT2D eigenvalue weighted by atomic mass is 35.5. The van der Waals surface area contributed by atoms with E-state index in [-0.39, 0.29) is 60.9 Å². The zero-order valence-electron chi connectivity index (χ0n) is 17.0. The van der Waals surface area contributed by atoms with E-state index in [1.165, 1.54) is 6.07 Å². The Labute approximate surface area is 187 Å². The minimum absolute atomic E-state index is 0. The fourth-order valence-electron chi connectivity index (χ4n) is 3.30. The molecule has 0 spiro atoms. The number of nitrogens with one attached hydrogen (secondary N) is 2. The molecule has 2 atom stereocenters. The average molecular weight is 460 g/mol. The van der Waals surface area contributed by atoms with Crippen LogP contribution in [0.5, 0.6) is 0 Å². The summed E-state index contributed by atoms with van der Waals surface area (Å²) in [7, 11) is 1.83. The highest BCUT2D eigenvalue weighted by molar-refractivity contribution is 5.86. The largest absolute Gasteiger partial charge is 0.369 e. The third-order valence-corrected chi connectivity index (χ3v) is 4.93. The maximum Gasteiger partial charge on any atom is 0.224 e. The Morgan fingerprint density at radius 3 is 2.29 bits per heavy atom. The Bertz CT molecular complexity index is 586. The van der Waals surface area contributed by atoms with Gasteiger partial charge >= 0.3 is 0 Å². The number of rotatable bonds is 7. The second kappa shape index (κ2) is 14.2. The fourth-order valence-corrected chi connectivity index (χ4v) is 3.30. The molecule has 1 aliphatic rings. The lowest BCUT2D eigenvalue weighted by molar-refractivity contribution is -0.125. The molecule has 0 radical (unpaired) electrons. The van der Waals surface area contributed by atoms with E-state index in [2.05, 4.69) is 27.4 Å². The van der Waals surface area contributed by atoms with Gasteiger partial charge in [0.2, 0.25) is 5.91 Å². The molecule has 9 heteroatoms. The molecular weight excluding hydrogens is 426 g/mol. The molecule has 2 unspecified atom stereocenters. The Kier molecular flexibility index (Phi) is 15.0. The lowest BCUT2D eigenvalue weighted by Crippen LogP contribution is -2.46. The molecule has 1 amide bonds. The van der Waals surface area contributed by atoms with Gasteiger partial charge in [-0.05, 0) is 38.7 Å². The zero-order chi connectivity index (χ0) is 18.4. The van der Waals surface area contributed by atoms with E-state index in [1.54, 1.807) is 6.07 Å². The summed E-state index contributed by atoms with van der Waals surface area (Å²) in [6.07, 6.45) is 0. The van der Waals surface area contributed by atoms with E-state index in [1.807, 2.05) is 27.0 Å². The molecule has 164 valence electrons. The molecule has 0 aliphatic carbocycles. The normalized spacial score (nSPS) is 16.1. The summed E-state index contributed by atoms with van der Waals surface area (Å²) in [4.78, 5) is 17.0. The van der Waals surface area contributed by atoms with Crippen LogP contribution in [0, 0.1) is 11.7 Å². The van der Waals surface area contributed by atoms with Crippen molar-refractivity contribution in [2.75, 3.05) is 51.2 Å². The van der Waals surface area contributed by atoms with Crippen molar-refractivity contribution in [3.63, 3.8) is 0 Å². The average Bonchev–Trinajstić information content (AvgIpc) is 2.62. The summed E-state index contributed by atoms with van der Waals surface area (Å²) in [5, 5.41) is 6.03. The first-order valence-electron chi connectivity index (χ1n) is 9.18. The standard InChI is InChI=1S/C19H31FN4O.3ClH/c1-5-23-8-10-24(11-9-23)18-7-6-16(20)12-17(18)15(3)22-19(25)14(2)13-21-4;;;/h6-7,12,14-15,21H,5,8-11,13H2,1-4H3,(H,22,25);3*1H. The first-order chi connectivity index (χ1) is 12.0. The van der Waals surface area contributed by atoms with Crippen LogP contribution < -0.4 is 15.5 Å². The molecule has 0 aromatic heterocycles. The SMILES string of the molecule is CCN1CCN(c2ccc(F)cc2C(C)NC(=O)C(C)CNC)CC1.Cl.Cl.Cl. The van der Waals surface area contributed by atoms with Gasteiger partial charge in [-0.2, -0.15) is 0 Å². The van der Waals surface area contributed by atoms with Crippen LogP contribution in [0.3, 0.4) is 0 Å². The highest BCUT2D eigenvalue weighted by Crippen LogP contribution is 2.28. The van der Waals surface area contributed by atoms with E-state index in [0.717, 1.165) is 44.0 Å². The summed E-state index contributed by atoms with van der Waals surface area (Å²) < 4.78 is 13.9. The molecule has 0 saturated carbocycles. The van der Waals surface area contributed by atoms with Crippen LogP contribution >= 0.6 is 37.2 Å². The molecule has 2 rings (SSSR count). The zero-order valence-corrected chi connectivity index (χ0v) is 19.5. The Morgan fingerprint density at radius 2 is 1.75 bits per heavy atom. The molecule has 5 nitrogen and oxygen atoms in total. The van der Waals surface area contributed by atoms with Crippen LogP contribution in [-0.4, -0.2) is 57.1 Å². The highest BCUT2D eigenvalue weighted by Gasteiger charge is 2.22. The topological polar surface area (TPSA) is 47.6 Å². The van der Waals surface area contributed by atoms with E-state index in [9.17, 15) is 9.18 Å². The Morgan fingerprint density at radius 1 is 1.14 bits per heavy atom. The summed E-state index contributed by atoms with van der Waals surface area (Å²) in [6, 6.07) is 4.66. The van der Waals surface area contributed by atoms with Crippen molar-refractivity contribution in [2.45, 2.75) is 26.8 Å². The fraction of sp³-hybridized carbons (Fsp3) is 0.632. The number of likely N-dealkylation sites (N-methyl/N-ethyl adjacent to an activating group) is 1. The summed E-state index contributed by atoms with van der Waals surface area (Å²) in [5.41, 5.74) is 1.86. The van der Waals surface area contributed by atoms with E-state index < -0.39 is 0 Å². The lowest BCUT2D eigenvalue weighted by Gasteiger charge is -2.37. The van der Waals surface area contributed by atoms with Gasteiger partial charge in [0.25, 0.3) is 0 Å². The molecule has 1 heterocycles. The molecular formula is C19H34Cl3FN4O. The summed E-state index contributed by atoms with van der Waals surface area (Å²) >= 11 is 0. The number of amides is 1. The van der Waals surface area contributed by atoms with E-state index in [0.29, 0.717) is 6.54 Å². The minimum atomic E-state index is -0.268. The third kappa shape index (κ3) is 7.91. The van der Waals surface area contributed by atoms with Gasteiger partial charge in [0.1, 0.15) is 5.82 Å². The molecule has 1 aromatic rings. The van der Waals surface area contributed by atoms with E-state index in [4.69, 9.17) is 0 Å². The predicted octanol–water partition coefficient (Wildman–Crippen LogP) is 3.27. The van der Waals surface area contributed by atoms with Gasteiger partial charge in [0, 0.05) is 49.9 Å². The van der Waals surface area contributed by atoms with Gasteiger partial charge in [0.15, 0.2) is 0 Å². The van der Waals surface area contributed by atoms with Crippen molar-refractivity contribution in [1.82, 2.24) is 15.5 Å². The number of hydrogen-bond acceptors (Lipinski definition) is 4.